The van der Waals surface area contributed by atoms with Gasteiger partial charge >= 0.3 is 5.56 Å². The molecule has 1 fully saturated rings. The van der Waals surface area contributed by atoms with Crippen LogP contribution in [0.4, 0.5) is 5.82 Å². The Hall–Kier alpha value is -1.85. The van der Waals surface area contributed by atoms with Gasteiger partial charge in [0.15, 0.2) is 23.1 Å². The number of hydrogen-bond donors (Lipinski definition) is 3. The molecule has 0 aromatic carbocycles. The fourth-order valence-corrected chi connectivity index (χ4v) is 2.71. The van der Waals surface area contributed by atoms with E-state index in [4.69, 9.17) is 15.6 Å². The first-order valence-corrected chi connectivity index (χ1v) is 6.37. The summed E-state index contributed by atoms with van der Waals surface area (Å²) in [6.07, 6.45) is -0.650. The number of rotatable bonds is 2. The molecule has 1 aliphatic heterocycles. The standard InChI is InChI=1S/C8H10N6O4S/c9-7-5-6(14(17)11-7)8(16)13(12-10-5)3-2-19-4(1-15)18-3/h3-4,15,17H,1-2H2,(H2,9,11). The minimum Gasteiger partial charge on any atom is -0.411 e. The molecule has 11 heteroatoms. The van der Waals surface area contributed by atoms with E-state index in [0.717, 1.165) is 4.68 Å². The number of anilines is 1. The second-order valence-corrected chi connectivity index (χ2v) is 5.04. The van der Waals surface area contributed by atoms with Crippen molar-refractivity contribution < 1.29 is 15.1 Å². The van der Waals surface area contributed by atoms with Gasteiger partial charge in [0.25, 0.3) is 0 Å². The van der Waals surface area contributed by atoms with Crippen molar-refractivity contribution in [2.45, 2.75) is 11.7 Å². The molecule has 1 aliphatic rings. The lowest BCUT2D eigenvalue weighted by Gasteiger charge is -2.11. The molecule has 1 saturated heterocycles. The highest BCUT2D eigenvalue weighted by Crippen LogP contribution is 2.30. The molecule has 0 aliphatic carbocycles. The van der Waals surface area contributed by atoms with Crippen LogP contribution in [0.3, 0.4) is 0 Å². The third-order valence-electron chi connectivity index (χ3n) is 2.68. The van der Waals surface area contributed by atoms with Crippen LogP contribution in [0.2, 0.25) is 0 Å². The minimum atomic E-state index is -0.650. The molecule has 10 nitrogen and oxygen atoms in total. The molecular weight excluding hydrogens is 276 g/mol. The number of aliphatic hydroxyl groups excluding tert-OH is 1. The Balaban J connectivity index is 2.09. The molecular formula is C8H10N6O4S. The lowest BCUT2D eigenvalue weighted by Crippen LogP contribution is -2.31. The molecule has 2 aromatic heterocycles. The number of hydrogen-bond acceptors (Lipinski definition) is 9. The molecule has 3 heterocycles. The average molecular weight is 286 g/mol. The Morgan fingerprint density at radius 3 is 3.05 bits per heavy atom. The van der Waals surface area contributed by atoms with Crippen molar-refractivity contribution in [1.82, 2.24) is 24.9 Å². The molecule has 0 amide bonds. The smallest absolute Gasteiger partial charge is 0.302 e. The summed E-state index contributed by atoms with van der Waals surface area (Å²) in [5.74, 6) is 0.365. The third kappa shape index (κ3) is 1.82. The number of nitrogen functional groups attached to an aromatic ring is 1. The van der Waals surface area contributed by atoms with E-state index >= 15 is 0 Å². The first kappa shape index (κ1) is 12.2. The number of nitrogens with zero attached hydrogens (tertiary/aromatic N) is 5. The molecule has 102 valence electrons. The molecule has 2 aromatic rings. The van der Waals surface area contributed by atoms with Crippen molar-refractivity contribution in [2.24, 2.45) is 0 Å². The average Bonchev–Trinajstić information content (AvgIpc) is 2.96. The fraction of sp³-hybridized carbons (Fsp3) is 0.500. The second-order valence-electron chi connectivity index (χ2n) is 3.85. The maximum absolute atomic E-state index is 12.2. The van der Waals surface area contributed by atoms with Crippen LogP contribution >= 0.6 is 11.8 Å². The number of nitrogens with two attached hydrogens (primary N) is 1. The van der Waals surface area contributed by atoms with Crippen molar-refractivity contribution in [3.63, 3.8) is 0 Å². The zero-order valence-electron chi connectivity index (χ0n) is 9.50. The lowest BCUT2D eigenvalue weighted by atomic mass is 10.4. The predicted octanol–water partition coefficient (Wildman–Crippen LogP) is -1.61. The minimum absolute atomic E-state index is 0.0353. The van der Waals surface area contributed by atoms with Crippen LogP contribution in [-0.2, 0) is 4.74 Å². The van der Waals surface area contributed by atoms with Gasteiger partial charge in [-0.2, -0.15) is 4.68 Å². The number of ether oxygens (including phenoxy) is 1. The van der Waals surface area contributed by atoms with Crippen LogP contribution < -0.4 is 11.3 Å². The molecule has 19 heavy (non-hydrogen) atoms. The SMILES string of the molecule is Nc1nn(O)c2c(=O)n(C3CSC(CO)O3)nnc12. The van der Waals surface area contributed by atoms with Gasteiger partial charge in [0.05, 0.1) is 6.61 Å². The Labute approximate surface area is 109 Å². The van der Waals surface area contributed by atoms with Crippen molar-refractivity contribution in [3.8, 4) is 0 Å². The normalized spacial score (nSPS) is 23.2. The predicted molar refractivity (Wildman–Crippen MR) is 64.6 cm³/mol. The summed E-state index contributed by atoms with van der Waals surface area (Å²) in [5, 5.41) is 29.4. The zero-order chi connectivity index (χ0) is 13.6. The molecule has 0 bridgehead atoms. The van der Waals surface area contributed by atoms with Crippen molar-refractivity contribution in [2.75, 3.05) is 18.1 Å². The number of fused-ring (bicyclic) bond motifs is 1. The van der Waals surface area contributed by atoms with Gasteiger partial charge in [-0.1, -0.05) is 10.1 Å². The van der Waals surface area contributed by atoms with Crippen molar-refractivity contribution >= 4 is 28.6 Å². The van der Waals surface area contributed by atoms with Gasteiger partial charge in [0, 0.05) is 5.75 Å². The summed E-state index contributed by atoms with van der Waals surface area (Å²) < 4.78 is 6.40. The Morgan fingerprint density at radius 1 is 1.58 bits per heavy atom. The van der Waals surface area contributed by atoms with Crippen LogP contribution in [0.15, 0.2) is 4.79 Å². The van der Waals surface area contributed by atoms with Crippen molar-refractivity contribution in [3.05, 3.63) is 10.4 Å². The fourth-order valence-electron chi connectivity index (χ4n) is 1.80. The topological polar surface area (TPSA) is 141 Å². The molecule has 0 saturated carbocycles. The third-order valence-corrected chi connectivity index (χ3v) is 3.79. The van der Waals surface area contributed by atoms with Gasteiger partial charge in [-0.05, 0) is 0 Å². The van der Waals surface area contributed by atoms with E-state index in [1.54, 1.807) is 0 Å². The maximum Gasteiger partial charge on any atom is 0.302 e. The van der Waals surface area contributed by atoms with E-state index in [-0.39, 0.29) is 23.5 Å². The summed E-state index contributed by atoms with van der Waals surface area (Å²) in [6.45, 7) is -0.156. The van der Waals surface area contributed by atoms with Gasteiger partial charge in [-0.25, -0.2) is 0 Å². The Kier molecular flexibility index (Phi) is 2.80. The molecule has 2 atom stereocenters. The highest BCUT2D eigenvalue weighted by Gasteiger charge is 2.29. The van der Waals surface area contributed by atoms with Gasteiger partial charge in [-0.3, -0.25) is 4.79 Å². The summed E-state index contributed by atoms with van der Waals surface area (Å²) in [5.41, 5.74) is 4.34. The first-order valence-electron chi connectivity index (χ1n) is 5.32. The molecule has 4 N–H and O–H groups in total. The molecule has 0 spiro atoms. The highest BCUT2D eigenvalue weighted by molar-refractivity contribution is 8.00. The van der Waals surface area contributed by atoms with Crippen LogP contribution in [0.1, 0.15) is 6.23 Å². The Bertz CT molecular complexity index is 684. The molecule has 3 rings (SSSR count). The molecule has 0 radical (unpaired) electrons. The summed E-state index contributed by atoms with van der Waals surface area (Å²) in [4.78, 5) is 12.6. The lowest BCUT2D eigenvalue weighted by molar-refractivity contribution is -0.0145. The van der Waals surface area contributed by atoms with E-state index in [0.29, 0.717) is 10.6 Å². The summed E-state index contributed by atoms with van der Waals surface area (Å²) in [7, 11) is 0. The van der Waals surface area contributed by atoms with E-state index in [9.17, 15) is 10.0 Å². The van der Waals surface area contributed by atoms with E-state index < -0.39 is 17.2 Å². The first-order chi connectivity index (χ1) is 9.11. The number of aliphatic hydroxyl groups is 1. The van der Waals surface area contributed by atoms with Crippen LogP contribution in [0.5, 0.6) is 0 Å². The van der Waals surface area contributed by atoms with Crippen LogP contribution in [0.25, 0.3) is 11.0 Å². The largest absolute Gasteiger partial charge is 0.411 e. The van der Waals surface area contributed by atoms with E-state index in [2.05, 4.69) is 15.4 Å². The van der Waals surface area contributed by atoms with E-state index in [1.165, 1.54) is 11.8 Å². The van der Waals surface area contributed by atoms with Gasteiger partial charge < -0.3 is 20.8 Å². The zero-order valence-corrected chi connectivity index (χ0v) is 10.3. The van der Waals surface area contributed by atoms with Crippen molar-refractivity contribution in [1.29, 1.82) is 0 Å². The summed E-state index contributed by atoms with van der Waals surface area (Å²) in [6, 6.07) is 0. The quantitative estimate of drug-likeness (QED) is 0.555. The second kappa shape index (κ2) is 4.36. The monoisotopic (exact) mass is 286 g/mol. The van der Waals surface area contributed by atoms with Crippen LogP contribution in [0, 0.1) is 0 Å². The Morgan fingerprint density at radius 2 is 2.37 bits per heavy atom. The highest BCUT2D eigenvalue weighted by atomic mass is 32.2. The molecule has 2 unspecified atom stereocenters. The number of aromatic nitrogens is 5. The van der Waals surface area contributed by atoms with Gasteiger partial charge in [0.2, 0.25) is 0 Å². The van der Waals surface area contributed by atoms with Crippen LogP contribution in [-0.4, -0.2) is 53.0 Å². The van der Waals surface area contributed by atoms with E-state index in [1.807, 2.05) is 0 Å². The summed E-state index contributed by atoms with van der Waals surface area (Å²) >= 11 is 1.36. The number of thioether (sulfide) groups is 1. The van der Waals surface area contributed by atoms with Gasteiger partial charge in [0.1, 0.15) is 5.44 Å². The van der Waals surface area contributed by atoms with Gasteiger partial charge in [-0.15, -0.1) is 22.0 Å². The maximum atomic E-state index is 12.2.